The summed E-state index contributed by atoms with van der Waals surface area (Å²) in [5, 5.41) is 0. The summed E-state index contributed by atoms with van der Waals surface area (Å²) in [5.74, 6) is 0. The van der Waals surface area contributed by atoms with Crippen molar-refractivity contribution in [1.82, 2.24) is 0 Å². The molecule has 0 nitrogen and oxygen atoms in total. The quantitative estimate of drug-likeness (QED) is 0.617. The Morgan fingerprint density at radius 3 is 2.50 bits per heavy atom. The minimum absolute atomic E-state index is 1.11. The average Bonchev–Trinajstić information content (AvgIpc) is 3.14. The van der Waals surface area contributed by atoms with E-state index in [2.05, 4.69) is 80.1 Å². The molecular weight excluding hydrogens is 319 g/mol. The molecule has 0 N–H and O–H groups in total. The van der Waals surface area contributed by atoms with Crippen LogP contribution < -0.4 is 4.28 Å². The van der Waals surface area contributed by atoms with Gasteiger partial charge in [-0.2, -0.15) is 0 Å². The molecule has 0 aliphatic heterocycles. The van der Waals surface area contributed by atoms with Crippen molar-refractivity contribution in [2.45, 2.75) is 24.1 Å². The van der Waals surface area contributed by atoms with E-state index in [1.54, 1.807) is 14.1 Å². The zero-order valence-electron chi connectivity index (χ0n) is 13.3. The molecule has 2 aromatic rings. The van der Waals surface area contributed by atoms with Gasteiger partial charge in [0.2, 0.25) is 0 Å². The fourth-order valence-corrected chi connectivity index (χ4v) is 11.1. The number of hydrogen-bond donors (Lipinski definition) is 0. The summed E-state index contributed by atoms with van der Waals surface area (Å²) in [6.45, 7) is 0. The van der Waals surface area contributed by atoms with E-state index in [9.17, 15) is 0 Å². The van der Waals surface area contributed by atoms with E-state index in [0.29, 0.717) is 0 Å². The molecule has 0 radical (unpaired) electrons. The van der Waals surface area contributed by atoms with Gasteiger partial charge in [-0.1, -0.05) is 0 Å². The van der Waals surface area contributed by atoms with E-state index in [1.807, 2.05) is 0 Å². The molecule has 4 rings (SSSR count). The summed E-state index contributed by atoms with van der Waals surface area (Å²) < 4.78 is 3.36. The molecule has 2 aliphatic carbocycles. The first-order chi connectivity index (χ1) is 10.5. The van der Waals surface area contributed by atoms with E-state index in [-0.39, 0.29) is 0 Å². The molecule has 0 spiro atoms. The van der Waals surface area contributed by atoms with Gasteiger partial charge < -0.3 is 0 Å². The number of hydrogen-bond acceptors (Lipinski definition) is 0. The van der Waals surface area contributed by atoms with Gasteiger partial charge in [0.25, 0.3) is 0 Å². The Balaban J connectivity index is 1.95. The number of rotatable bonds is 2. The fourth-order valence-electron chi connectivity index (χ4n) is 3.93. The molecule has 0 saturated heterocycles. The number of benzene rings is 2. The Bertz CT molecular complexity index is 909. The Morgan fingerprint density at radius 1 is 0.955 bits per heavy atom. The second kappa shape index (κ2) is 4.61. The maximum atomic E-state index is 2.58. The molecule has 22 heavy (non-hydrogen) atoms. The van der Waals surface area contributed by atoms with Gasteiger partial charge in [-0.15, -0.1) is 0 Å². The topological polar surface area (TPSA) is 0 Å². The van der Waals surface area contributed by atoms with Gasteiger partial charge in [0.15, 0.2) is 0 Å². The Labute approximate surface area is 135 Å². The summed E-state index contributed by atoms with van der Waals surface area (Å²) in [6.07, 6.45) is 9.21. The second-order valence-corrected chi connectivity index (χ2v) is 24.3. The first-order valence-corrected chi connectivity index (χ1v) is 15.7. The number of fused-ring (bicyclic) bond motifs is 3. The van der Waals surface area contributed by atoms with E-state index < -0.39 is 11.7 Å². The second-order valence-electron chi connectivity index (χ2n) is 7.33. The van der Waals surface area contributed by atoms with Gasteiger partial charge in [-0.3, -0.25) is 0 Å². The SMILES string of the molecule is [CH3][V]([CH3])(=[SiH2])([C]1=CC=CC1)[c]1cccc2c1Cc1ccccc1-2. The molecule has 0 atom stereocenters. The van der Waals surface area contributed by atoms with Crippen LogP contribution in [0.2, 0.25) is 11.3 Å². The van der Waals surface area contributed by atoms with Crippen LogP contribution >= 0.6 is 0 Å². The Hall–Kier alpha value is -1.28. The van der Waals surface area contributed by atoms with Crippen LogP contribution in [0.25, 0.3) is 11.1 Å². The fraction of sp³-hybridized carbons (Fsp3) is 0.200. The van der Waals surface area contributed by atoms with Gasteiger partial charge in [0.05, 0.1) is 0 Å². The standard InChI is InChI=1S/C13H9.C5H5.2CH3.H2Si.V/c1-3-7-12-10(5-1)9-11-6-2-4-8-13(11)12;1-2-4-5-3-1;;;;/h1-5,7-8H,9H2;1-3H,4H2;2*1H3;1H2;. The monoisotopic (exact) mass is 341 g/mol. The maximum absolute atomic E-state index is 2.63. The predicted octanol–water partition coefficient (Wildman–Crippen LogP) is 4.06. The van der Waals surface area contributed by atoms with Crippen molar-refractivity contribution in [3.8, 4) is 11.1 Å². The molecule has 0 aromatic heterocycles. The summed E-state index contributed by atoms with van der Waals surface area (Å²) in [7, 11) is 2.31. The molecule has 0 saturated carbocycles. The third-order valence-corrected chi connectivity index (χ3v) is 14.8. The van der Waals surface area contributed by atoms with Crippen LogP contribution in [-0.2, 0) is 18.2 Å². The predicted molar refractivity (Wildman–Crippen MR) is 96.4 cm³/mol. The molecule has 0 fully saturated rings. The van der Waals surface area contributed by atoms with Crippen LogP contribution in [0.15, 0.2) is 65.0 Å². The van der Waals surface area contributed by atoms with Crippen molar-refractivity contribution >= 4 is 12.4 Å². The average molecular weight is 341 g/mol. The zero-order valence-corrected chi connectivity index (χ0v) is 16.2. The van der Waals surface area contributed by atoms with E-state index >= 15 is 0 Å². The molecule has 0 bridgehead atoms. The molecule has 0 heterocycles. The Morgan fingerprint density at radius 2 is 1.73 bits per heavy atom. The molecule has 2 aliphatic rings. The summed E-state index contributed by atoms with van der Waals surface area (Å²) in [5.41, 5.74) is 11.2. The molecule has 111 valence electrons. The summed E-state index contributed by atoms with van der Waals surface area (Å²) in [4.78, 5) is 0. The molecular formula is C20H22SiV. The van der Waals surface area contributed by atoms with Crippen molar-refractivity contribution < 1.29 is 11.7 Å². The van der Waals surface area contributed by atoms with Crippen LogP contribution in [0.5, 0.6) is 0 Å². The summed E-state index contributed by atoms with van der Waals surface area (Å²) in [6, 6.07) is 15.9. The zero-order chi connectivity index (χ0) is 15.4. The van der Waals surface area contributed by atoms with Crippen LogP contribution in [0.1, 0.15) is 17.5 Å². The summed E-state index contributed by atoms with van der Waals surface area (Å²) >= 11 is -2.63. The van der Waals surface area contributed by atoms with Gasteiger partial charge in [0, 0.05) is 0 Å². The normalized spacial score (nSPS) is 17.5. The first kappa shape index (κ1) is 14.3. The van der Waals surface area contributed by atoms with Crippen LogP contribution in [0.4, 0.5) is 0 Å². The van der Waals surface area contributed by atoms with Gasteiger partial charge in [-0.05, 0) is 0 Å². The van der Waals surface area contributed by atoms with Gasteiger partial charge in [0.1, 0.15) is 0 Å². The van der Waals surface area contributed by atoms with Crippen LogP contribution in [0.3, 0.4) is 0 Å². The number of allylic oxidation sites excluding steroid dienone is 4. The van der Waals surface area contributed by atoms with E-state index in [0.717, 1.165) is 12.8 Å². The van der Waals surface area contributed by atoms with Gasteiger partial charge >= 0.3 is 136 Å². The minimum atomic E-state index is -2.63. The molecule has 0 unspecified atom stereocenters. The van der Waals surface area contributed by atoms with Gasteiger partial charge in [-0.25, -0.2) is 0 Å². The Kier molecular flexibility index (Phi) is 3.00. The third kappa shape index (κ3) is 1.96. The van der Waals surface area contributed by atoms with E-state index in [1.165, 1.54) is 16.7 Å². The van der Waals surface area contributed by atoms with Crippen molar-refractivity contribution in [3.63, 3.8) is 0 Å². The van der Waals surface area contributed by atoms with Crippen LogP contribution in [0, 0.1) is 0 Å². The van der Waals surface area contributed by atoms with Crippen molar-refractivity contribution in [2.24, 2.45) is 0 Å². The van der Waals surface area contributed by atoms with E-state index in [4.69, 9.17) is 0 Å². The van der Waals surface area contributed by atoms with Crippen molar-refractivity contribution in [3.05, 3.63) is 76.1 Å². The van der Waals surface area contributed by atoms with Crippen molar-refractivity contribution in [1.29, 1.82) is 0 Å². The molecule has 2 aromatic carbocycles. The molecule has 2 heteroatoms. The molecule has 0 amide bonds. The van der Waals surface area contributed by atoms with Crippen molar-refractivity contribution in [2.75, 3.05) is 0 Å². The van der Waals surface area contributed by atoms with Crippen LogP contribution in [-0.4, -0.2) is 8.15 Å². The first-order valence-electron chi connectivity index (χ1n) is 7.90. The third-order valence-electron chi connectivity index (χ3n) is 5.27.